The van der Waals surface area contributed by atoms with E-state index in [2.05, 4.69) is 15.1 Å². The highest BCUT2D eigenvalue weighted by Crippen LogP contribution is 2.24. The van der Waals surface area contributed by atoms with Crippen LogP contribution in [0.1, 0.15) is 34.3 Å². The topological polar surface area (TPSA) is 92.3 Å². The zero-order valence-electron chi connectivity index (χ0n) is 20.6. The van der Waals surface area contributed by atoms with Gasteiger partial charge in [-0.2, -0.15) is 5.10 Å². The number of pyridine rings is 1. The van der Waals surface area contributed by atoms with E-state index in [-0.39, 0.29) is 6.61 Å². The van der Waals surface area contributed by atoms with Crippen molar-refractivity contribution in [1.29, 1.82) is 0 Å². The maximum Gasteiger partial charge on any atom is 0.341 e. The van der Waals surface area contributed by atoms with Gasteiger partial charge in [0.05, 0.1) is 13.2 Å². The molecule has 0 aliphatic rings. The highest BCUT2D eigenvalue weighted by molar-refractivity contribution is 5.96. The number of nitrogens with zero attached hydrogens (tertiary/aromatic N) is 4. The van der Waals surface area contributed by atoms with Crippen LogP contribution in [0.2, 0.25) is 0 Å². The Hall–Kier alpha value is -4.72. The number of hydrogen-bond acceptors (Lipinski definition) is 7. The third-order valence-electron chi connectivity index (χ3n) is 5.72. The number of esters is 1. The lowest BCUT2D eigenvalue weighted by Crippen LogP contribution is -2.05. The first-order valence-corrected chi connectivity index (χ1v) is 12.0. The van der Waals surface area contributed by atoms with E-state index in [1.807, 2.05) is 73.7 Å². The molecule has 0 atom stereocenters. The number of benzene rings is 2. The number of carbonyl (C=O) groups is 1. The van der Waals surface area contributed by atoms with E-state index in [1.165, 1.54) is 0 Å². The summed E-state index contributed by atoms with van der Waals surface area (Å²) < 4.78 is 18.6. The lowest BCUT2D eigenvalue weighted by molar-refractivity contribution is 0.0527. The van der Waals surface area contributed by atoms with Crippen molar-refractivity contribution in [2.24, 2.45) is 0 Å². The lowest BCUT2D eigenvalue weighted by Gasteiger charge is -2.05. The summed E-state index contributed by atoms with van der Waals surface area (Å²) in [7, 11) is 0. The third-order valence-corrected chi connectivity index (χ3v) is 5.72. The Bertz CT molecular complexity index is 1480. The first kappa shape index (κ1) is 24.0. The van der Waals surface area contributed by atoms with Gasteiger partial charge in [-0.3, -0.25) is 4.68 Å². The van der Waals surface area contributed by atoms with Crippen LogP contribution < -0.4 is 4.74 Å². The average molecular weight is 495 g/mol. The molecule has 5 rings (SSSR count). The van der Waals surface area contributed by atoms with Crippen LogP contribution in [-0.4, -0.2) is 32.3 Å². The SMILES string of the molecule is CCOC(=O)c1cn(Cc2ccc(OCc3nc(-c4ccccc4)oc3C)nc2)nc1-c1ccccc1. The molecule has 0 amide bonds. The summed E-state index contributed by atoms with van der Waals surface area (Å²) in [4.78, 5) is 21.5. The molecule has 5 aromatic rings. The number of aromatic nitrogens is 4. The minimum atomic E-state index is -0.395. The van der Waals surface area contributed by atoms with Gasteiger partial charge in [0, 0.05) is 29.6 Å². The van der Waals surface area contributed by atoms with Crippen molar-refractivity contribution < 1.29 is 18.7 Å². The van der Waals surface area contributed by atoms with Crippen LogP contribution in [0.15, 0.2) is 89.6 Å². The second-order valence-electron chi connectivity index (χ2n) is 8.36. The Labute approximate surface area is 214 Å². The van der Waals surface area contributed by atoms with Crippen molar-refractivity contribution in [3.63, 3.8) is 0 Å². The minimum absolute atomic E-state index is 0.247. The minimum Gasteiger partial charge on any atom is -0.471 e. The van der Waals surface area contributed by atoms with E-state index < -0.39 is 5.97 Å². The summed E-state index contributed by atoms with van der Waals surface area (Å²) in [5.41, 5.74) is 4.42. The summed E-state index contributed by atoms with van der Waals surface area (Å²) >= 11 is 0. The Morgan fingerprint density at radius 2 is 1.70 bits per heavy atom. The van der Waals surface area contributed by atoms with E-state index in [0.29, 0.717) is 41.9 Å². The van der Waals surface area contributed by atoms with Crippen LogP contribution in [-0.2, 0) is 17.9 Å². The van der Waals surface area contributed by atoms with Gasteiger partial charge < -0.3 is 13.9 Å². The smallest absolute Gasteiger partial charge is 0.341 e. The van der Waals surface area contributed by atoms with Gasteiger partial charge in [0.2, 0.25) is 11.8 Å². The Morgan fingerprint density at radius 3 is 2.38 bits per heavy atom. The van der Waals surface area contributed by atoms with Gasteiger partial charge in [-0.15, -0.1) is 0 Å². The molecule has 8 nitrogen and oxygen atoms in total. The molecule has 0 saturated carbocycles. The van der Waals surface area contributed by atoms with Crippen LogP contribution >= 0.6 is 0 Å². The van der Waals surface area contributed by atoms with Crippen LogP contribution in [0.3, 0.4) is 0 Å². The highest BCUT2D eigenvalue weighted by atomic mass is 16.5. The molecule has 3 aromatic heterocycles. The van der Waals surface area contributed by atoms with E-state index in [9.17, 15) is 4.79 Å². The number of hydrogen-bond donors (Lipinski definition) is 0. The normalized spacial score (nSPS) is 10.9. The number of ether oxygens (including phenoxy) is 2. The van der Waals surface area contributed by atoms with Gasteiger partial charge in [0.1, 0.15) is 29.3 Å². The second kappa shape index (κ2) is 10.9. The van der Waals surface area contributed by atoms with Crippen molar-refractivity contribution in [3.05, 3.63) is 108 Å². The second-order valence-corrected chi connectivity index (χ2v) is 8.36. The quantitative estimate of drug-likeness (QED) is 0.242. The van der Waals surface area contributed by atoms with Gasteiger partial charge in [0.25, 0.3) is 0 Å². The monoisotopic (exact) mass is 494 g/mol. The van der Waals surface area contributed by atoms with Crippen molar-refractivity contribution in [1.82, 2.24) is 19.7 Å². The fourth-order valence-corrected chi connectivity index (χ4v) is 3.86. The number of rotatable bonds is 9. The molecule has 8 heteroatoms. The number of aryl methyl sites for hydroxylation is 1. The van der Waals surface area contributed by atoms with Gasteiger partial charge in [0.15, 0.2) is 0 Å². The molecule has 2 aromatic carbocycles. The summed E-state index contributed by atoms with van der Waals surface area (Å²) in [6, 6.07) is 23.0. The summed E-state index contributed by atoms with van der Waals surface area (Å²) in [5.74, 6) is 1.36. The zero-order chi connectivity index (χ0) is 25.6. The van der Waals surface area contributed by atoms with Crippen LogP contribution in [0.5, 0.6) is 5.88 Å². The molecule has 0 saturated heterocycles. The van der Waals surface area contributed by atoms with Crippen molar-refractivity contribution in [2.75, 3.05) is 6.61 Å². The molecule has 0 N–H and O–H groups in total. The molecular formula is C29H26N4O4. The molecule has 37 heavy (non-hydrogen) atoms. The molecule has 0 spiro atoms. The predicted octanol–water partition coefficient (Wildman–Crippen LogP) is 5.71. The average Bonchev–Trinajstić information content (AvgIpc) is 3.53. The molecule has 0 fully saturated rings. The Morgan fingerprint density at radius 1 is 0.973 bits per heavy atom. The zero-order valence-corrected chi connectivity index (χ0v) is 20.6. The summed E-state index contributed by atoms with van der Waals surface area (Å²) in [6.45, 7) is 4.64. The van der Waals surface area contributed by atoms with Crippen molar-refractivity contribution >= 4 is 5.97 Å². The van der Waals surface area contributed by atoms with Crippen LogP contribution in [0.4, 0.5) is 0 Å². The first-order valence-electron chi connectivity index (χ1n) is 12.0. The Balaban J connectivity index is 1.27. The molecule has 3 heterocycles. The van der Waals surface area contributed by atoms with Gasteiger partial charge in [-0.25, -0.2) is 14.8 Å². The highest BCUT2D eigenvalue weighted by Gasteiger charge is 2.19. The first-order chi connectivity index (χ1) is 18.1. The lowest BCUT2D eigenvalue weighted by atomic mass is 10.1. The van der Waals surface area contributed by atoms with Crippen LogP contribution in [0, 0.1) is 6.92 Å². The third kappa shape index (κ3) is 5.59. The van der Waals surface area contributed by atoms with E-state index in [0.717, 1.165) is 22.4 Å². The molecular weight excluding hydrogens is 468 g/mol. The molecule has 0 radical (unpaired) electrons. The Kier molecular flexibility index (Phi) is 7.07. The van der Waals surface area contributed by atoms with E-state index in [4.69, 9.17) is 13.9 Å². The molecule has 0 unspecified atom stereocenters. The number of oxazole rings is 1. The predicted molar refractivity (Wildman–Crippen MR) is 138 cm³/mol. The van der Waals surface area contributed by atoms with Crippen molar-refractivity contribution in [3.8, 4) is 28.6 Å². The van der Waals surface area contributed by atoms with Gasteiger partial charge >= 0.3 is 5.97 Å². The standard InChI is InChI=1S/C29H26N4O4/c1-3-35-29(34)24-18-33(32-27(24)22-10-6-4-7-11-22)17-21-14-15-26(30-16-21)36-19-25-20(2)37-28(31-25)23-12-8-5-9-13-23/h4-16,18H,3,17,19H2,1-2H3. The van der Waals surface area contributed by atoms with Gasteiger partial charge in [-0.1, -0.05) is 54.6 Å². The fourth-order valence-electron chi connectivity index (χ4n) is 3.86. The maximum absolute atomic E-state index is 12.5. The van der Waals surface area contributed by atoms with E-state index in [1.54, 1.807) is 30.1 Å². The number of carbonyl (C=O) groups excluding carboxylic acids is 1. The molecule has 0 bridgehead atoms. The fraction of sp³-hybridized carbons (Fsp3) is 0.172. The van der Waals surface area contributed by atoms with Gasteiger partial charge in [-0.05, 0) is 31.5 Å². The van der Waals surface area contributed by atoms with Crippen LogP contribution in [0.25, 0.3) is 22.7 Å². The summed E-state index contributed by atoms with van der Waals surface area (Å²) in [6.07, 6.45) is 3.44. The molecule has 186 valence electrons. The molecule has 0 aliphatic heterocycles. The molecule has 0 aliphatic carbocycles. The van der Waals surface area contributed by atoms with E-state index >= 15 is 0 Å². The summed E-state index contributed by atoms with van der Waals surface area (Å²) in [5, 5.41) is 4.65. The van der Waals surface area contributed by atoms with Crippen molar-refractivity contribution in [2.45, 2.75) is 27.0 Å². The largest absolute Gasteiger partial charge is 0.471 e. The maximum atomic E-state index is 12.5.